The van der Waals surface area contributed by atoms with Crippen molar-refractivity contribution < 1.29 is 5.11 Å². The Bertz CT molecular complexity index is 316. The number of hydrogen-bond acceptors (Lipinski definition) is 1. The lowest BCUT2D eigenvalue weighted by Gasteiger charge is -2.13. The molecule has 0 spiro atoms. The van der Waals surface area contributed by atoms with Crippen molar-refractivity contribution in [1.29, 1.82) is 0 Å². The van der Waals surface area contributed by atoms with E-state index >= 15 is 0 Å². The van der Waals surface area contributed by atoms with Gasteiger partial charge in [0.05, 0.1) is 6.10 Å². The predicted octanol–water partition coefficient (Wildman–Crippen LogP) is 3.22. The van der Waals surface area contributed by atoms with Gasteiger partial charge in [0.25, 0.3) is 0 Å². The van der Waals surface area contributed by atoms with Gasteiger partial charge in [-0.05, 0) is 49.4 Å². The summed E-state index contributed by atoms with van der Waals surface area (Å²) in [5, 5.41) is 9.79. The first-order chi connectivity index (χ1) is 6.56. The highest BCUT2D eigenvalue weighted by Crippen LogP contribution is 2.22. The lowest BCUT2D eigenvalue weighted by atomic mass is 9.97. The summed E-state index contributed by atoms with van der Waals surface area (Å²) < 4.78 is 0. The average Bonchev–Trinajstić information content (AvgIpc) is 2.13. The molecular formula is C13H18O. The number of hydrogen-bond donors (Lipinski definition) is 1. The first-order valence-electron chi connectivity index (χ1n) is 4.93. The smallest absolute Gasteiger partial charge is 0.0824 e. The minimum absolute atomic E-state index is 0.412. The summed E-state index contributed by atoms with van der Waals surface area (Å²) in [6.45, 7) is 9.89. The second-order valence-electron chi connectivity index (χ2n) is 3.82. The van der Waals surface area contributed by atoms with Crippen molar-refractivity contribution >= 4 is 0 Å². The molecule has 1 aromatic carbocycles. The van der Waals surface area contributed by atoms with E-state index in [1.165, 1.54) is 16.7 Å². The highest BCUT2D eigenvalue weighted by atomic mass is 16.3. The standard InChI is InChI=1S/C13H18O/c1-5-6-13(14)12-7-9(2)11(4)10(3)8-12/h5,7-8,13-14H,1,6H2,2-4H3. The van der Waals surface area contributed by atoms with Crippen LogP contribution in [0, 0.1) is 20.8 Å². The van der Waals surface area contributed by atoms with Gasteiger partial charge in [-0.15, -0.1) is 6.58 Å². The molecule has 0 aromatic heterocycles. The zero-order valence-electron chi connectivity index (χ0n) is 9.17. The minimum atomic E-state index is -0.412. The molecule has 0 aliphatic carbocycles. The number of aryl methyl sites for hydroxylation is 2. The van der Waals surface area contributed by atoms with Crippen LogP contribution < -0.4 is 0 Å². The Hall–Kier alpha value is -1.08. The fourth-order valence-electron chi connectivity index (χ4n) is 1.56. The molecule has 1 nitrogen and oxygen atoms in total. The molecule has 1 aromatic rings. The molecule has 0 amide bonds. The maximum atomic E-state index is 9.79. The summed E-state index contributed by atoms with van der Waals surface area (Å²) >= 11 is 0. The fourth-order valence-corrected chi connectivity index (χ4v) is 1.56. The molecule has 1 unspecified atom stereocenters. The molecule has 76 valence electrons. The monoisotopic (exact) mass is 190 g/mol. The third kappa shape index (κ3) is 2.24. The first kappa shape index (κ1) is 11.0. The van der Waals surface area contributed by atoms with Gasteiger partial charge in [0.15, 0.2) is 0 Å². The molecule has 0 bridgehead atoms. The highest BCUT2D eigenvalue weighted by molar-refractivity contribution is 5.37. The summed E-state index contributed by atoms with van der Waals surface area (Å²) in [7, 11) is 0. The van der Waals surface area contributed by atoms with Crippen LogP contribution in [0.25, 0.3) is 0 Å². The van der Waals surface area contributed by atoms with Crippen LogP contribution >= 0.6 is 0 Å². The van der Waals surface area contributed by atoms with Crippen molar-refractivity contribution in [2.24, 2.45) is 0 Å². The largest absolute Gasteiger partial charge is 0.388 e. The zero-order valence-corrected chi connectivity index (χ0v) is 9.17. The normalized spacial score (nSPS) is 12.6. The number of rotatable bonds is 3. The van der Waals surface area contributed by atoms with E-state index in [9.17, 15) is 5.11 Å². The van der Waals surface area contributed by atoms with Crippen molar-refractivity contribution in [2.45, 2.75) is 33.3 Å². The molecule has 1 N–H and O–H groups in total. The van der Waals surface area contributed by atoms with Gasteiger partial charge >= 0.3 is 0 Å². The molecule has 0 aliphatic heterocycles. The Morgan fingerprint density at radius 1 is 1.29 bits per heavy atom. The Morgan fingerprint density at radius 2 is 1.79 bits per heavy atom. The van der Waals surface area contributed by atoms with Gasteiger partial charge in [0, 0.05) is 0 Å². The van der Waals surface area contributed by atoms with Gasteiger partial charge in [-0.3, -0.25) is 0 Å². The van der Waals surface area contributed by atoms with E-state index in [-0.39, 0.29) is 0 Å². The SMILES string of the molecule is C=CCC(O)c1cc(C)c(C)c(C)c1. The van der Waals surface area contributed by atoms with Gasteiger partial charge in [-0.1, -0.05) is 18.2 Å². The van der Waals surface area contributed by atoms with Crippen LogP contribution in [0.1, 0.15) is 34.8 Å². The topological polar surface area (TPSA) is 20.2 Å². The fraction of sp³-hybridized carbons (Fsp3) is 0.385. The summed E-state index contributed by atoms with van der Waals surface area (Å²) in [5.41, 5.74) is 4.77. The number of benzene rings is 1. The minimum Gasteiger partial charge on any atom is -0.388 e. The molecule has 1 heteroatoms. The molecule has 1 rings (SSSR count). The van der Waals surface area contributed by atoms with Crippen LogP contribution in [0.2, 0.25) is 0 Å². The van der Waals surface area contributed by atoms with Gasteiger partial charge in [0.1, 0.15) is 0 Å². The molecule has 0 heterocycles. The second-order valence-corrected chi connectivity index (χ2v) is 3.82. The van der Waals surface area contributed by atoms with Gasteiger partial charge in [0.2, 0.25) is 0 Å². The summed E-state index contributed by atoms with van der Waals surface area (Å²) in [5.74, 6) is 0. The van der Waals surface area contributed by atoms with Crippen LogP contribution in [0.5, 0.6) is 0 Å². The molecule has 0 saturated heterocycles. The molecule has 0 fully saturated rings. The maximum absolute atomic E-state index is 9.79. The number of aliphatic hydroxyl groups is 1. The van der Waals surface area contributed by atoms with Crippen molar-refractivity contribution in [1.82, 2.24) is 0 Å². The Balaban J connectivity index is 3.05. The average molecular weight is 190 g/mol. The molecule has 0 aliphatic rings. The van der Waals surface area contributed by atoms with Gasteiger partial charge < -0.3 is 5.11 Å². The van der Waals surface area contributed by atoms with Crippen molar-refractivity contribution in [3.8, 4) is 0 Å². The Labute approximate surface area is 86.1 Å². The number of aliphatic hydroxyl groups excluding tert-OH is 1. The summed E-state index contributed by atoms with van der Waals surface area (Å²) in [6.07, 6.45) is 1.95. The van der Waals surface area contributed by atoms with Gasteiger partial charge in [-0.25, -0.2) is 0 Å². The van der Waals surface area contributed by atoms with E-state index in [1.54, 1.807) is 6.08 Å². The van der Waals surface area contributed by atoms with Crippen LogP contribution in [-0.4, -0.2) is 5.11 Å². The maximum Gasteiger partial charge on any atom is 0.0824 e. The van der Waals surface area contributed by atoms with Crippen LogP contribution in [0.15, 0.2) is 24.8 Å². The van der Waals surface area contributed by atoms with E-state index in [0.717, 1.165) is 5.56 Å². The lowest BCUT2D eigenvalue weighted by molar-refractivity contribution is 0.181. The third-order valence-electron chi connectivity index (χ3n) is 2.72. The molecule has 0 saturated carbocycles. The third-order valence-corrected chi connectivity index (χ3v) is 2.72. The van der Waals surface area contributed by atoms with Crippen molar-refractivity contribution in [3.05, 3.63) is 47.0 Å². The zero-order chi connectivity index (χ0) is 10.7. The highest BCUT2D eigenvalue weighted by Gasteiger charge is 2.08. The van der Waals surface area contributed by atoms with E-state index in [4.69, 9.17) is 0 Å². The van der Waals surface area contributed by atoms with Crippen molar-refractivity contribution in [3.63, 3.8) is 0 Å². The van der Waals surface area contributed by atoms with E-state index < -0.39 is 6.10 Å². The van der Waals surface area contributed by atoms with Crippen LogP contribution in [-0.2, 0) is 0 Å². The molecular weight excluding hydrogens is 172 g/mol. The predicted molar refractivity (Wildman–Crippen MR) is 60.4 cm³/mol. The first-order valence-corrected chi connectivity index (χ1v) is 4.93. The van der Waals surface area contributed by atoms with E-state index in [1.807, 2.05) is 0 Å². The Morgan fingerprint density at radius 3 is 2.21 bits per heavy atom. The second kappa shape index (κ2) is 4.43. The van der Waals surface area contributed by atoms with Crippen LogP contribution in [0.4, 0.5) is 0 Å². The Kier molecular flexibility index (Phi) is 3.48. The molecule has 14 heavy (non-hydrogen) atoms. The lowest BCUT2D eigenvalue weighted by Crippen LogP contribution is -1.98. The van der Waals surface area contributed by atoms with Gasteiger partial charge in [-0.2, -0.15) is 0 Å². The quantitative estimate of drug-likeness (QED) is 0.725. The molecule has 0 radical (unpaired) electrons. The molecule has 1 atom stereocenters. The summed E-state index contributed by atoms with van der Waals surface area (Å²) in [6, 6.07) is 4.10. The van der Waals surface area contributed by atoms with E-state index in [2.05, 4.69) is 39.5 Å². The summed E-state index contributed by atoms with van der Waals surface area (Å²) in [4.78, 5) is 0. The van der Waals surface area contributed by atoms with E-state index in [0.29, 0.717) is 6.42 Å². The van der Waals surface area contributed by atoms with Crippen molar-refractivity contribution in [2.75, 3.05) is 0 Å². The van der Waals surface area contributed by atoms with Crippen LogP contribution in [0.3, 0.4) is 0 Å².